The van der Waals surface area contributed by atoms with Crippen molar-refractivity contribution < 1.29 is 9.18 Å². The highest BCUT2D eigenvalue weighted by atomic mass is 35.5. The number of amides is 2. The third-order valence-corrected chi connectivity index (χ3v) is 6.55. The van der Waals surface area contributed by atoms with Crippen molar-refractivity contribution in [2.75, 3.05) is 11.9 Å². The van der Waals surface area contributed by atoms with Gasteiger partial charge in [0, 0.05) is 16.6 Å². The van der Waals surface area contributed by atoms with E-state index in [4.69, 9.17) is 23.2 Å². The number of piperidine rings is 1. The average Bonchev–Trinajstić information content (AvgIpc) is 3.27. The number of likely N-dealkylation sites (tertiary alicyclic amines) is 1. The summed E-state index contributed by atoms with van der Waals surface area (Å²) >= 11 is 11.8. The number of urea groups is 1. The van der Waals surface area contributed by atoms with Crippen molar-refractivity contribution in [2.24, 2.45) is 11.8 Å². The minimum absolute atomic E-state index is 0.104. The molecule has 0 radical (unpaired) electrons. The number of benzene rings is 2. The van der Waals surface area contributed by atoms with Crippen molar-refractivity contribution in [3.05, 3.63) is 75.5 Å². The van der Waals surface area contributed by atoms with Crippen molar-refractivity contribution in [3.63, 3.8) is 0 Å². The van der Waals surface area contributed by atoms with E-state index in [0.717, 1.165) is 23.6 Å². The molecule has 1 saturated heterocycles. The molecule has 2 aliphatic rings. The lowest BCUT2D eigenvalue weighted by molar-refractivity contribution is 0.192. The highest BCUT2D eigenvalue weighted by molar-refractivity contribution is 6.30. The van der Waals surface area contributed by atoms with Crippen LogP contribution in [0.4, 0.5) is 14.9 Å². The second-order valence-corrected chi connectivity index (χ2v) is 9.00. The Labute approximate surface area is 189 Å². The number of hydrogen-bond acceptors (Lipinski definition) is 3. The van der Waals surface area contributed by atoms with Crippen molar-refractivity contribution in [1.82, 2.24) is 19.7 Å². The molecule has 2 fully saturated rings. The summed E-state index contributed by atoms with van der Waals surface area (Å²) in [5, 5.41) is 12.4. The molecule has 5 rings (SSSR count). The number of anilines is 1. The summed E-state index contributed by atoms with van der Waals surface area (Å²) in [4.78, 5) is 14.8. The van der Waals surface area contributed by atoms with E-state index in [1.807, 2.05) is 35.8 Å². The maximum absolute atomic E-state index is 14.2. The van der Waals surface area contributed by atoms with Gasteiger partial charge >= 0.3 is 6.03 Å². The minimum Gasteiger partial charge on any atom is -0.314 e. The number of carbonyl (C=O) groups is 1. The van der Waals surface area contributed by atoms with Crippen LogP contribution >= 0.6 is 23.2 Å². The number of nitrogens with one attached hydrogen (secondary N) is 1. The molecule has 9 heteroatoms. The molecular weight excluding hydrogens is 440 g/mol. The molecule has 1 aromatic heterocycles. The van der Waals surface area contributed by atoms with Gasteiger partial charge in [0.2, 0.25) is 0 Å². The number of fused-ring (bicyclic) bond motifs is 1. The zero-order valence-corrected chi connectivity index (χ0v) is 18.2. The number of aromatic nitrogens is 3. The van der Waals surface area contributed by atoms with Gasteiger partial charge < -0.3 is 14.8 Å². The molecular formula is C22H20Cl2FN5O. The molecule has 1 saturated carbocycles. The lowest BCUT2D eigenvalue weighted by Crippen LogP contribution is -2.38. The van der Waals surface area contributed by atoms with Crippen molar-refractivity contribution in [3.8, 4) is 0 Å². The van der Waals surface area contributed by atoms with Crippen LogP contribution in [0.15, 0.2) is 42.5 Å². The number of carbonyl (C=O) groups excluding carboxylic acids is 1. The van der Waals surface area contributed by atoms with Gasteiger partial charge in [-0.1, -0.05) is 35.3 Å². The summed E-state index contributed by atoms with van der Waals surface area (Å²) in [6.45, 7) is 3.10. The molecule has 0 bridgehead atoms. The molecule has 1 N–H and O–H groups in total. The highest BCUT2D eigenvalue weighted by Crippen LogP contribution is 2.56. The van der Waals surface area contributed by atoms with Gasteiger partial charge in [-0.05, 0) is 61.1 Å². The van der Waals surface area contributed by atoms with Crippen molar-refractivity contribution in [1.29, 1.82) is 0 Å². The zero-order chi connectivity index (χ0) is 21.7. The normalized spacial score (nSPS) is 21.8. The largest absolute Gasteiger partial charge is 0.322 e. The standard InChI is InChI=1S/C22H20Cl2FN5O/c1-12-27-28-21(29(12)10-13-2-4-15(23)5-3-13)20-17-8-14(17)11-30(20)22(31)26-19-7-6-16(24)9-18(19)25/h2-7,9,14,17,20H,8,10-11H2,1H3,(H,26,31)/t14?,17?,20-/m1/s1. The summed E-state index contributed by atoms with van der Waals surface area (Å²) in [6.07, 6.45) is 1.05. The fourth-order valence-corrected chi connectivity index (χ4v) is 4.65. The van der Waals surface area contributed by atoms with Crippen LogP contribution in [0.25, 0.3) is 0 Å². The van der Waals surface area contributed by atoms with Crippen molar-refractivity contribution in [2.45, 2.75) is 25.9 Å². The van der Waals surface area contributed by atoms with E-state index in [1.165, 1.54) is 12.1 Å². The average molecular weight is 460 g/mol. The van der Waals surface area contributed by atoms with Crippen LogP contribution in [0.5, 0.6) is 0 Å². The van der Waals surface area contributed by atoms with Crippen molar-refractivity contribution >= 4 is 34.9 Å². The molecule has 31 heavy (non-hydrogen) atoms. The fraction of sp³-hybridized carbons (Fsp3) is 0.318. The molecule has 1 aliphatic heterocycles. The van der Waals surface area contributed by atoms with Crippen LogP contribution < -0.4 is 5.32 Å². The quantitative estimate of drug-likeness (QED) is 0.575. The van der Waals surface area contributed by atoms with E-state index in [-0.39, 0.29) is 22.8 Å². The van der Waals surface area contributed by atoms with E-state index < -0.39 is 5.82 Å². The summed E-state index contributed by atoms with van der Waals surface area (Å²) in [6, 6.07) is 11.3. The first kappa shape index (κ1) is 20.3. The van der Waals surface area contributed by atoms with Crippen LogP contribution in [-0.2, 0) is 6.54 Å². The molecule has 2 aromatic carbocycles. The maximum Gasteiger partial charge on any atom is 0.322 e. The number of nitrogens with zero attached hydrogens (tertiary/aromatic N) is 4. The SMILES string of the molecule is Cc1nnc([C@H]2C3CC3CN2C(=O)Nc2ccc(Cl)cc2F)n1Cc1ccc(Cl)cc1. The van der Waals surface area contributed by atoms with Gasteiger partial charge in [0.1, 0.15) is 11.6 Å². The van der Waals surface area contributed by atoms with Crippen LogP contribution in [0.1, 0.15) is 29.7 Å². The maximum atomic E-state index is 14.2. The Bertz CT molecular complexity index is 1150. The Kier molecular flexibility index (Phi) is 5.10. The molecule has 2 unspecified atom stereocenters. The third kappa shape index (κ3) is 3.88. The van der Waals surface area contributed by atoms with Gasteiger partial charge in [0.25, 0.3) is 0 Å². The zero-order valence-electron chi connectivity index (χ0n) is 16.7. The second-order valence-electron chi connectivity index (χ2n) is 8.13. The van der Waals surface area contributed by atoms with E-state index in [1.54, 1.807) is 11.0 Å². The van der Waals surface area contributed by atoms with E-state index in [9.17, 15) is 9.18 Å². The molecule has 160 valence electrons. The van der Waals surface area contributed by atoms with E-state index >= 15 is 0 Å². The Balaban J connectivity index is 1.41. The molecule has 2 heterocycles. The Morgan fingerprint density at radius 1 is 1.16 bits per heavy atom. The third-order valence-electron chi connectivity index (χ3n) is 6.07. The number of rotatable bonds is 4. The number of halogens is 3. The summed E-state index contributed by atoms with van der Waals surface area (Å²) < 4.78 is 16.2. The summed E-state index contributed by atoms with van der Waals surface area (Å²) in [7, 11) is 0. The Morgan fingerprint density at radius 2 is 1.90 bits per heavy atom. The monoisotopic (exact) mass is 459 g/mol. The van der Waals surface area contributed by atoms with Gasteiger partial charge in [-0.3, -0.25) is 0 Å². The predicted octanol–water partition coefficient (Wildman–Crippen LogP) is 5.31. The summed E-state index contributed by atoms with van der Waals surface area (Å²) in [5.41, 5.74) is 1.17. The van der Waals surface area contributed by atoms with Gasteiger partial charge in [0.15, 0.2) is 5.82 Å². The van der Waals surface area contributed by atoms with Crippen LogP contribution in [0, 0.1) is 24.6 Å². The molecule has 1 aliphatic carbocycles. The van der Waals surface area contributed by atoms with E-state index in [0.29, 0.717) is 29.9 Å². The fourth-order valence-electron chi connectivity index (χ4n) is 4.37. The van der Waals surface area contributed by atoms with Crippen LogP contribution in [-0.4, -0.2) is 32.2 Å². The first-order valence-corrected chi connectivity index (χ1v) is 10.8. The lowest BCUT2D eigenvalue weighted by Gasteiger charge is -2.27. The molecule has 0 spiro atoms. The molecule has 3 aromatic rings. The van der Waals surface area contributed by atoms with Gasteiger partial charge in [-0.2, -0.15) is 0 Å². The molecule has 6 nitrogen and oxygen atoms in total. The first-order valence-electron chi connectivity index (χ1n) is 10.1. The van der Waals surface area contributed by atoms with Crippen LogP contribution in [0.3, 0.4) is 0 Å². The Hall–Kier alpha value is -2.64. The molecule has 3 atom stereocenters. The minimum atomic E-state index is -0.566. The highest BCUT2D eigenvalue weighted by Gasteiger charge is 2.56. The number of aryl methyl sites for hydroxylation is 1. The van der Waals surface area contributed by atoms with Crippen LogP contribution in [0.2, 0.25) is 10.0 Å². The number of hydrogen-bond donors (Lipinski definition) is 1. The Morgan fingerprint density at radius 3 is 2.65 bits per heavy atom. The predicted molar refractivity (Wildman–Crippen MR) is 117 cm³/mol. The van der Waals surface area contributed by atoms with Gasteiger partial charge in [-0.25, -0.2) is 9.18 Å². The first-order chi connectivity index (χ1) is 14.9. The van der Waals surface area contributed by atoms with Gasteiger partial charge in [0.05, 0.1) is 18.3 Å². The lowest BCUT2D eigenvalue weighted by atomic mass is 10.1. The topological polar surface area (TPSA) is 63.1 Å². The van der Waals surface area contributed by atoms with E-state index in [2.05, 4.69) is 15.5 Å². The summed E-state index contributed by atoms with van der Waals surface area (Å²) in [5.74, 6) is 1.74. The van der Waals surface area contributed by atoms with Gasteiger partial charge in [-0.15, -0.1) is 10.2 Å². The smallest absolute Gasteiger partial charge is 0.314 e. The second kappa shape index (κ2) is 7.80. The molecule has 2 amide bonds.